The van der Waals surface area contributed by atoms with Gasteiger partial charge in [0.15, 0.2) is 0 Å². The SMILES string of the molecule is COc1ccc(OC)c(C(=O)c2csc(C)n2)c1. The molecule has 4 nitrogen and oxygen atoms in total. The molecule has 18 heavy (non-hydrogen) atoms. The van der Waals surface area contributed by atoms with E-state index in [-0.39, 0.29) is 5.78 Å². The first-order valence-electron chi connectivity index (χ1n) is 5.34. The van der Waals surface area contributed by atoms with E-state index in [0.29, 0.717) is 22.8 Å². The summed E-state index contributed by atoms with van der Waals surface area (Å²) in [7, 11) is 3.09. The summed E-state index contributed by atoms with van der Waals surface area (Å²) in [6.07, 6.45) is 0. The van der Waals surface area contributed by atoms with Gasteiger partial charge >= 0.3 is 0 Å². The second-order valence-corrected chi connectivity index (χ2v) is 4.71. The van der Waals surface area contributed by atoms with Crippen molar-refractivity contribution in [2.45, 2.75) is 6.92 Å². The number of ketones is 1. The third-order valence-electron chi connectivity index (χ3n) is 2.50. The van der Waals surface area contributed by atoms with Gasteiger partial charge in [0.2, 0.25) is 5.78 Å². The monoisotopic (exact) mass is 263 g/mol. The number of aryl methyl sites for hydroxylation is 1. The van der Waals surface area contributed by atoms with Crippen LogP contribution in [0.1, 0.15) is 21.1 Å². The number of nitrogens with zero attached hydrogens (tertiary/aromatic N) is 1. The third kappa shape index (κ3) is 2.36. The lowest BCUT2D eigenvalue weighted by Crippen LogP contribution is -2.05. The molecule has 0 radical (unpaired) electrons. The van der Waals surface area contributed by atoms with Crippen molar-refractivity contribution in [3.8, 4) is 11.5 Å². The summed E-state index contributed by atoms with van der Waals surface area (Å²) in [6, 6.07) is 5.13. The zero-order valence-corrected chi connectivity index (χ0v) is 11.2. The van der Waals surface area contributed by atoms with E-state index in [4.69, 9.17) is 9.47 Å². The molecule has 2 aromatic rings. The summed E-state index contributed by atoms with van der Waals surface area (Å²) < 4.78 is 10.3. The molecule has 1 heterocycles. The second kappa shape index (κ2) is 5.18. The fourth-order valence-electron chi connectivity index (χ4n) is 1.60. The molecule has 0 saturated carbocycles. The number of aromatic nitrogens is 1. The zero-order chi connectivity index (χ0) is 13.1. The van der Waals surface area contributed by atoms with Gasteiger partial charge in [0.1, 0.15) is 17.2 Å². The van der Waals surface area contributed by atoms with Gasteiger partial charge in [0.05, 0.1) is 24.8 Å². The van der Waals surface area contributed by atoms with Gasteiger partial charge in [-0.15, -0.1) is 11.3 Å². The molecule has 1 aromatic carbocycles. The van der Waals surface area contributed by atoms with Crippen molar-refractivity contribution in [3.05, 3.63) is 39.8 Å². The van der Waals surface area contributed by atoms with Gasteiger partial charge in [-0.05, 0) is 25.1 Å². The number of hydrogen-bond donors (Lipinski definition) is 0. The van der Waals surface area contributed by atoms with Crippen molar-refractivity contribution in [1.29, 1.82) is 0 Å². The number of thiazole rings is 1. The van der Waals surface area contributed by atoms with E-state index in [9.17, 15) is 4.79 Å². The van der Waals surface area contributed by atoms with E-state index < -0.39 is 0 Å². The van der Waals surface area contributed by atoms with Crippen LogP contribution >= 0.6 is 11.3 Å². The Morgan fingerprint density at radius 3 is 2.61 bits per heavy atom. The molecule has 0 N–H and O–H groups in total. The van der Waals surface area contributed by atoms with Crippen molar-refractivity contribution in [2.75, 3.05) is 14.2 Å². The molecule has 0 saturated heterocycles. The highest BCUT2D eigenvalue weighted by atomic mass is 32.1. The lowest BCUT2D eigenvalue weighted by molar-refractivity contribution is 0.103. The van der Waals surface area contributed by atoms with E-state index in [1.165, 1.54) is 18.4 Å². The number of rotatable bonds is 4. The largest absolute Gasteiger partial charge is 0.497 e. The van der Waals surface area contributed by atoms with Gasteiger partial charge in [0.25, 0.3) is 0 Å². The summed E-state index contributed by atoms with van der Waals surface area (Å²) >= 11 is 1.45. The molecule has 1 aromatic heterocycles. The van der Waals surface area contributed by atoms with Crippen LogP contribution in [-0.2, 0) is 0 Å². The number of methoxy groups -OCH3 is 2. The van der Waals surface area contributed by atoms with Crippen LogP contribution in [0, 0.1) is 6.92 Å². The highest BCUT2D eigenvalue weighted by molar-refractivity contribution is 7.09. The predicted molar refractivity (Wildman–Crippen MR) is 69.8 cm³/mol. The van der Waals surface area contributed by atoms with Crippen LogP contribution in [0.25, 0.3) is 0 Å². The Morgan fingerprint density at radius 1 is 1.28 bits per heavy atom. The Kier molecular flexibility index (Phi) is 3.62. The molecule has 0 bridgehead atoms. The van der Waals surface area contributed by atoms with E-state index in [0.717, 1.165) is 5.01 Å². The Labute approximate surface area is 109 Å². The van der Waals surface area contributed by atoms with Crippen molar-refractivity contribution < 1.29 is 14.3 Å². The Morgan fingerprint density at radius 2 is 2.06 bits per heavy atom. The Hall–Kier alpha value is -1.88. The maximum absolute atomic E-state index is 12.3. The Balaban J connectivity index is 2.45. The predicted octanol–water partition coefficient (Wildman–Crippen LogP) is 2.70. The molecular weight excluding hydrogens is 250 g/mol. The summed E-state index contributed by atoms with van der Waals surface area (Å²) in [6.45, 7) is 1.87. The van der Waals surface area contributed by atoms with Crippen LogP contribution in [0.4, 0.5) is 0 Å². The van der Waals surface area contributed by atoms with E-state index in [2.05, 4.69) is 4.98 Å². The Bertz CT molecular complexity index is 577. The van der Waals surface area contributed by atoms with Gasteiger partial charge in [-0.25, -0.2) is 4.98 Å². The average Bonchev–Trinajstić information content (AvgIpc) is 2.83. The van der Waals surface area contributed by atoms with Crippen LogP contribution in [-0.4, -0.2) is 25.0 Å². The molecule has 2 rings (SSSR count). The fraction of sp³-hybridized carbons (Fsp3) is 0.231. The highest BCUT2D eigenvalue weighted by Crippen LogP contribution is 2.26. The lowest BCUT2D eigenvalue weighted by atomic mass is 10.1. The van der Waals surface area contributed by atoms with Gasteiger partial charge in [-0.1, -0.05) is 0 Å². The van der Waals surface area contributed by atoms with Crippen molar-refractivity contribution in [3.63, 3.8) is 0 Å². The second-order valence-electron chi connectivity index (χ2n) is 3.65. The fourth-order valence-corrected chi connectivity index (χ4v) is 2.19. The van der Waals surface area contributed by atoms with Gasteiger partial charge < -0.3 is 9.47 Å². The zero-order valence-electron chi connectivity index (χ0n) is 10.4. The summed E-state index contributed by atoms with van der Waals surface area (Å²) in [5.41, 5.74) is 0.895. The maximum Gasteiger partial charge on any atom is 0.216 e. The number of carbonyl (C=O) groups is 1. The van der Waals surface area contributed by atoms with Crippen molar-refractivity contribution in [2.24, 2.45) is 0 Å². The van der Waals surface area contributed by atoms with Gasteiger partial charge in [-0.3, -0.25) is 4.79 Å². The first-order chi connectivity index (χ1) is 8.65. The van der Waals surface area contributed by atoms with Gasteiger partial charge in [-0.2, -0.15) is 0 Å². The molecule has 0 aliphatic rings. The molecule has 0 amide bonds. The quantitative estimate of drug-likeness (QED) is 0.796. The molecule has 94 valence electrons. The molecule has 0 atom stereocenters. The van der Waals surface area contributed by atoms with E-state index >= 15 is 0 Å². The normalized spacial score (nSPS) is 10.2. The van der Waals surface area contributed by atoms with E-state index in [1.54, 1.807) is 30.7 Å². The van der Waals surface area contributed by atoms with Crippen molar-refractivity contribution in [1.82, 2.24) is 4.98 Å². The summed E-state index contributed by atoms with van der Waals surface area (Å²) in [5.74, 6) is 0.979. The molecule has 0 fully saturated rings. The van der Waals surface area contributed by atoms with Crippen LogP contribution in [0.2, 0.25) is 0 Å². The third-order valence-corrected chi connectivity index (χ3v) is 3.28. The van der Waals surface area contributed by atoms with E-state index in [1.807, 2.05) is 6.92 Å². The summed E-state index contributed by atoms with van der Waals surface area (Å²) in [5, 5.41) is 2.61. The number of hydrogen-bond acceptors (Lipinski definition) is 5. The number of benzene rings is 1. The van der Waals surface area contributed by atoms with Gasteiger partial charge in [0, 0.05) is 5.38 Å². The molecule has 5 heteroatoms. The van der Waals surface area contributed by atoms with Crippen LogP contribution in [0.3, 0.4) is 0 Å². The van der Waals surface area contributed by atoms with Crippen LogP contribution in [0.5, 0.6) is 11.5 Å². The first kappa shape index (κ1) is 12.6. The minimum Gasteiger partial charge on any atom is -0.497 e. The number of ether oxygens (including phenoxy) is 2. The van der Waals surface area contributed by atoms with Crippen LogP contribution in [0.15, 0.2) is 23.6 Å². The number of carbonyl (C=O) groups excluding carboxylic acids is 1. The topological polar surface area (TPSA) is 48.4 Å². The molecular formula is C13H13NO3S. The molecule has 0 aliphatic heterocycles. The van der Waals surface area contributed by atoms with Crippen LogP contribution < -0.4 is 9.47 Å². The first-order valence-corrected chi connectivity index (χ1v) is 6.22. The smallest absolute Gasteiger partial charge is 0.216 e. The molecule has 0 spiro atoms. The molecule has 0 unspecified atom stereocenters. The maximum atomic E-state index is 12.3. The highest BCUT2D eigenvalue weighted by Gasteiger charge is 2.17. The van der Waals surface area contributed by atoms with Crippen molar-refractivity contribution >= 4 is 17.1 Å². The minimum absolute atomic E-state index is 0.157. The minimum atomic E-state index is -0.157. The standard InChI is InChI=1S/C13H13NO3S/c1-8-14-11(7-18-8)13(15)10-6-9(16-2)4-5-12(10)17-3/h4-7H,1-3H3. The lowest BCUT2D eigenvalue weighted by Gasteiger charge is -2.08. The summed E-state index contributed by atoms with van der Waals surface area (Å²) in [4.78, 5) is 16.5. The average molecular weight is 263 g/mol. The molecule has 0 aliphatic carbocycles.